The molecule has 3 nitrogen and oxygen atoms in total. The minimum atomic E-state index is 0.539. The Kier molecular flexibility index (Phi) is 5.90. The predicted molar refractivity (Wildman–Crippen MR) is 65.3 cm³/mol. The van der Waals surface area contributed by atoms with Gasteiger partial charge in [-0.3, -0.25) is 0 Å². The average molecular weight is 223 g/mol. The smallest absolute Gasteiger partial charge is 0.130 e. The van der Waals surface area contributed by atoms with Crippen LogP contribution in [-0.4, -0.2) is 13.2 Å². The number of hydrogen-bond acceptors (Lipinski definition) is 3. The maximum absolute atomic E-state index is 5.60. The van der Waals surface area contributed by atoms with Crippen LogP contribution in [-0.2, 0) is 17.9 Å². The zero-order chi connectivity index (χ0) is 11.8. The van der Waals surface area contributed by atoms with Gasteiger partial charge in [0.2, 0.25) is 0 Å². The van der Waals surface area contributed by atoms with E-state index in [1.807, 2.05) is 26.0 Å². The van der Waals surface area contributed by atoms with E-state index in [9.17, 15) is 0 Å². The van der Waals surface area contributed by atoms with Crippen LogP contribution in [0, 0.1) is 6.92 Å². The van der Waals surface area contributed by atoms with Crippen LogP contribution in [0.5, 0.6) is 0 Å². The molecule has 1 aromatic heterocycles. The van der Waals surface area contributed by atoms with E-state index in [1.165, 1.54) is 5.56 Å². The number of allylic oxidation sites excluding steroid dienone is 1. The van der Waals surface area contributed by atoms with Gasteiger partial charge in [-0.2, -0.15) is 0 Å². The zero-order valence-corrected chi connectivity index (χ0v) is 10.4. The van der Waals surface area contributed by atoms with E-state index in [2.05, 4.69) is 18.3 Å². The molecule has 0 bridgehead atoms. The van der Waals surface area contributed by atoms with Gasteiger partial charge in [-0.25, -0.2) is 0 Å². The fourth-order valence-electron chi connectivity index (χ4n) is 1.42. The van der Waals surface area contributed by atoms with Crippen molar-refractivity contribution in [2.45, 2.75) is 33.9 Å². The predicted octanol–water partition coefficient (Wildman–Crippen LogP) is 2.79. The van der Waals surface area contributed by atoms with Crippen LogP contribution in [0.2, 0.25) is 0 Å². The first-order chi connectivity index (χ1) is 7.77. The molecule has 0 aliphatic carbocycles. The first-order valence-electron chi connectivity index (χ1n) is 5.75. The Bertz CT molecular complexity index is 329. The highest BCUT2D eigenvalue weighted by atomic mass is 16.5. The molecule has 0 amide bonds. The average Bonchev–Trinajstić information content (AvgIpc) is 2.63. The molecule has 0 fully saturated rings. The van der Waals surface area contributed by atoms with E-state index in [-0.39, 0.29) is 0 Å². The van der Waals surface area contributed by atoms with E-state index < -0.39 is 0 Å². The topological polar surface area (TPSA) is 34.4 Å². The number of furan rings is 1. The third-order valence-corrected chi connectivity index (χ3v) is 2.33. The van der Waals surface area contributed by atoms with Crippen LogP contribution in [0.1, 0.15) is 30.9 Å². The van der Waals surface area contributed by atoms with Crippen molar-refractivity contribution in [3.8, 4) is 0 Å². The Morgan fingerprint density at radius 1 is 1.50 bits per heavy atom. The third kappa shape index (κ3) is 4.21. The van der Waals surface area contributed by atoms with Gasteiger partial charge in [0.05, 0.1) is 6.61 Å². The second kappa shape index (κ2) is 7.25. The molecule has 0 saturated carbocycles. The summed E-state index contributed by atoms with van der Waals surface area (Å²) in [5.41, 5.74) is 1.21. The van der Waals surface area contributed by atoms with Crippen LogP contribution in [0.15, 0.2) is 22.6 Å². The summed E-state index contributed by atoms with van der Waals surface area (Å²) in [5, 5.41) is 3.28. The quantitative estimate of drug-likeness (QED) is 0.570. The normalized spacial score (nSPS) is 11.4. The molecule has 1 rings (SSSR count). The lowest BCUT2D eigenvalue weighted by Gasteiger charge is -1.97. The minimum Gasteiger partial charge on any atom is -0.464 e. The molecule has 0 aromatic carbocycles. The fourth-order valence-corrected chi connectivity index (χ4v) is 1.42. The lowest BCUT2D eigenvalue weighted by atomic mass is 10.2. The maximum Gasteiger partial charge on any atom is 0.130 e. The molecule has 0 atom stereocenters. The monoisotopic (exact) mass is 223 g/mol. The molecule has 1 heterocycles. The van der Waals surface area contributed by atoms with Crippen molar-refractivity contribution < 1.29 is 9.15 Å². The second-order valence-electron chi connectivity index (χ2n) is 3.66. The van der Waals surface area contributed by atoms with E-state index in [0.717, 1.165) is 24.6 Å². The highest BCUT2D eigenvalue weighted by Gasteiger charge is 2.06. The number of ether oxygens (including phenoxy) is 1. The summed E-state index contributed by atoms with van der Waals surface area (Å²) in [6, 6.07) is 2.06. The van der Waals surface area contributed by atoms with Gasteiger partial charge in [-0.1, -0.05) is 19.1 Å². The first kappa shape index (κ1) is 13.0. The molecule has 1 N–H and O–H groups in total. The van der Waals surface area contributed by atoms with Crippen molar-refractivity contribution in [2.75, 3.05) is 13.2 Å². The molecule has 90 valence electrons. The molecular formula is C13H21NO2. The standard InChI is InChI=1S/C13H21NO2/c1-4-6-7-15-10-13-8-12(9-14-5-2)11(3)16-13/h4,6,8,14H,5,7,9-10H2,1-3H3. The lowest BCUT2D eigenvalue weighted by molar-refractivity contribution is 0.130. The van der Waals surface area contributed by atoms with Crippen LogP contribution < -0.4 is 5.32 Å². The molecule has 16 heavy (non-hydrogen) atoms. The minimum absolute atomic E-state index is 0.539. The zero-order valence-electron chi connectivity index (χ0n) is 10.4. The van der Waals surface area contributed by atoms with Gasteiger partial charge in [-0.15, -0.1) is 0 Å². The number of rotatable bonds is 7. The van der Waals surface area contributed by atoms with Gasteiger partial charge in [0.15, 0.2) is 0 Å². The fraction of sp³-hybridized carbons (Fsp3) is 0.538. The van der Waals surface area contributed by atoms with Crippen molar-refractivity contribution in [1.29, 1.82) is 0 Å². The maximum atomic E-state index is 5.60. The van der Waals surface area contributed by atoms with E-state index in [0.29, 0.717) is 13.2 Å². The molecule has 0 aliphatic rings. The SMILES string of the molecule is CC=CCOCc1cc(CNCC)c(C)o1. The van der Waals surface area contributed by atoms with Gasteiger partial charge in [-0.05, 0) is 26.5 Å². The highest BCUT2D eigenvalue weighted by molar-refractivity contribution is 5.20. The van der Waals surface area contributed by atoms with Gasteiger partial charge >= 0.3 is 0 Å². The molecular weight excluding hydrogens is 202 g/mol. The Morgan fingerprint density at radius 3 is 3.00 bits per heavy atom. The Morgan fingerprint density at radius 2 is 2.31 bits per heavy atom. The van der Waals surface area contributed by atoms with E-state index in [1.54, 1.807) is 0 Å². The summed E-state index contributed by atoms with van der Waals surface area (Å²) in [5.74, 6) is 1.88. The van der Waals surface area contributed by atoms with Crippen LogP contribution in [0.25, 0.3) is 0 Å². The summed E-state index contributed by atoms with van der Waals surface area (Å²) >= 11 is 0. The molecule has 1 aromatic rings. The van der Waals surface area contributed by atoms with E-state index in [4.69, 9.17) is 9.15 Å². The van der Waals surface area contributed by atoms with Gasteiger partial charge in [0, 0.05) is 12.1 Å². The van der Waals surface area contributed by atoms with E-state index >= 15 is 0 Å². The van der Waals surface area contributed by atoms with Gasteiger partial charge < -0.3 is 14.5 Å². The van der Waals surface area contributed by atoms with Crippen molar-refractivity contribution >= 4 is 0 Å². The Balaban J connectivity index is 2.42. The summed E-state index contributed by atoms with van der Waals surface area (Å²) in [4.78, 5) is 0. The lowest BCUT2D eigenvalue weighted by Crippen LogP contribution is -2.11. The molecule has 0 unspecified atom stereocenters. The van der Waals surface area contributed by atoms with Crippen LogP contribution in [0.3, 0.4) is 0 Å². The number of nitrogens with one attached hydrogen (secondary N) is 1. The van der Waals surface area contributed by atoms with Crippen molar-refractivity contribution in [2.24, 2.45) is 0 Å². The largest absolute Gasteiger partial charge is 0.464 e. The van der Waals surface area contributed by atoms with Crippen molar-refractivity contribution in [3.05, 3.63) is 35.3 Å². The van der Waals surface area contributed by atoms with Crippen LogP contribution >= 0.6 is 0 Å². The number of hydrogen-bond donors (Lipinski definition) is 1. The second-order valence-corrected chi connectivity index (χ2v) is 3.66. The summed E-state index contributed by atoms with van der Waals surface area (Å²) in [6.07, 6.45) is 3.96. The van der Waals surface area contributed by atoms with Crippen LogP contribution in [0.4, 0.5) is 0 Å². The Labute approximate surface area is 97.5 Å². The van der Waals surface area contributed by atoms with Gasteiger partial charge in [0.1, 0.15) is 18.1 Å². The van der Waals surface area contributed by atoms with Crippen molar-refractivity contribution in [1.82, 2.24) is 5.32 Å². The molecule has 0 spiro atoms. The molecule has 3 heteroatoms. The highest BCUT2D eigenvalue weighted by Crippen LogP contribution is 2.15. The van der Waals surface area contributed by atoms with Gasteiger partial charge in [0.25, 0.3) is 0 Å². The first-order valence-corrected chi connectivity index (χ1v) is 5.75. The molecule has 0 aliphatic heterocycles. The third-order valence-electron chi connectivity index (χ3n) is 2.33. The summed E-state index contributed by atoms with van der Waals surface area (Å²) in [7, 11) is 0. The number of aryl methyl sites for hydroxylation is 1. The molecule has 0 saturated heterocycles. The van der Waals surface area contributed by atoms with Crippen molar-refractivity contribution in [3.63, 3.8) is 0 Å². The summed E-state index contributed by atoms with van der Waals surface area (Å²) < 4.78 is 11.0. The Hall–Kier alpha value is -1.06. The summed E-state index contributed by atoms with van der Waals surface area (Å²) in [6.45, 7) is 9.07. The molecule has 0 radical (unpaired) electrons.